The molecule has 1 aromatic rings. The van der Waals surface area contributed by atoms with Gasteiger partial charge in [-0.15, -0.1) is 0 Å². The number of likely N-dealkylation sites (tertiary alicyclic amines) is 2. The zero-order valence-electron chi connectivity index (χ0n) is 17.3. The van der Waals surface area contributed by atoms with Gasteiger partial charge < -0.3 is 19.9 Å². The Hall–Kier alpha value is -2.08. The van der Waals surface area contributed by atoms with E-state index in [0.29, 0.717) is 25.0 Å². The van der Waals surface area contributed by atoms with Crippen LogP contribution in [-0.4, -0.2) is 67.5 Å². The molecule has 3 heterocycles. The second-order valence-corrected chi connectivity index (χ2v) is 8.84. The van der Waals surface area contributed by atoms with E-state index >= 15 is 0 Å². The van der Waals surface area contributed by atoms with Gasteiger partial charge in [0, 0.05) is 32.7 Å². The molecule has 0 aliphatic carbocycles. The second kappa shape index (κ2) is 9.16. The van der Waals surface area contributed by atoms with Crippen molar-refractivity contribution in [3.8, 4) is 5.75 Å². The number of amides is 2. The molecule has 6 heteroatoms. The molecule has 0 bridgehead atoms. The van der Waals surface area contributed by atoms with Gasteiger partial charge >= 0.3 is 0 Å². The summed E-state index contributed by atoms with van der Waals surface area (Å²) in [5.41, 5.74) is 0.421. The summed E-state index contributed by atoms with van der Waals surface area (Å²) in [6.07, 6.45) is 5.62. The highest BCUT2D eigenvalue weighted by molar-refractivity contribution is 5.81. The lowest BCUT2D eigenvalue weighted by Crippen LogP contribution is -2.50. The van der Waals surface area contributed by atoms with Gasteiger partial charge in [0.15, 0.2) is 0 Å². The van der Waals surface area contributed by atoms with E-state index in [0.717, 1.165) is 64.2 Å². The highest BCUT2D eigenvalue weighted by atomic mass is 16.5. The first-order chi connectivity index (χ1) is 14.2. The monoisotopic (exact) mass is 399 g/mol. The number of nitrogens with zero attached hydrogens (tertiary/aromatic N) is 2. The Morgan fingerprint density at radius 2 is 1.86 bits per heavy atom. The number of hydrogen-bond donors (Lipinski definition) is 1. The lowest BCUT2D eigenvalue weighted by molar-refractivity contribution is -0.142. The first kappa shape index (κ1) is 20.2. The second-order valence-electron chi connectivity index (χ2n) is 8.84. The minimum Gasteiger partial charge on any atom is -0.493 e. The molecule has 29 heavy (non-hydrogen) atoms. The summed E-state index contributed by atoms with van der Waals surface area (Å²) in [5, 5.41) is 3.48. The van der Waals surface area contributed by atoms with Crippen LogP contribution in [0, 0.1) is 11.3 Å². The summed E-state index contributed by atoms with van der Waals surface area (Å²) in [6, 6.07) is 9.57. The summed E-state index contributed by atoms with van der Waals surface area (Å²) >= 11 is 0. The largest absolute Gasteiger partial charge is 0.493 e. The number of piperidine rings is 2. The van der Waals surface area contributed by atoms with E-state index in [-0.39, 0.29) is 17.7 Å². The maximum absolute atomic E-state index is 13.1. The Kier molecular flexibility index (Phi) is 6.38. The number of ether oxygens (including phenoxy) is 1. The van der Waals surface area contributed by atoms with Crippen LogP contribution in [0.25, 0.3) is 0 Å². The van der Waals surface area contributed by atoms with Crippen molar-refractivity contribution in [2.24, 2.45) is 11.3 Å². The van der Waals surface area contributed by atoms with Gasteiger partial charge in [-0.05, 0) is 56.2 Å². The fourth-order valence-corrected chi connectivity index (χ4v) is 5.02. The zero-order chi connectivity index (χ0) is 20.1. The predicted molar refractivity (Wildman–Crippen MR) is 112 cm³/mol. The average molecular weight is 400 g/mol. The molecular formula is C23H33N3O3. The third-order valence-electron chi connectivity index (χ3n) is 6.92. The fourth-order valence-electron chi connectivity index (χ4n) is 5.02. The van der Waals surface area contributed by atoms with Gasteiger partial charge in [-0.25, -0.2) is 0 Å². The van der Waals surface area contributed by atoms with Gasteiger partial charge in [-0.3, -0.25) is 9.59 Å². The molecule has 4 rings (SSSR count). The van der Waals surface area contributed by atoms with Gasteiger partial charge in [0.2, 0.25) is 11.8 Å². The van der Waals surface area contributed by atoms with Crippen molar-refractivity contribution in [3.63, 3.8) is 0 Å². The van der Waals surface area contributed by atoms with Gasteiger partial charge in [-0.2, -0.15) is 0 Å². The van der Waals surface area contributed by atoms with Crippen molar-refractivity contribution in [1.29, 1.82) is 0 Å². The minimum absolute atomic E-state index is 0.0431. The van der Waals surface area contributed by atoms with Crippen molar-refractivity contribution in [3.05, 3.63) is 30.3 Å². The quantitative estimate of drug-likeness (QED) is 0.825. The maximum atomic E-state index is 13.1. The first-order valence-corrected chi connectivity index (χ1v) is 11.1. The number of carbonyl (C=O) groups is 2. The van der Waals surface area contributed by atoms with E-state index in [1.165, 1.54) is 6.42 Å². The van der Waals surface area contributed by atoms with Crippen molar-refractivity contribution >= 4 is 11.8 Å². The molecule has 3 fully saturated rings. The van der Waals surface area contributed by atoms with Crippen LogP contribution < -0.4 is 10.1 Å². The van der Waals surface area contributed by atoms with Crippen molar-refractivity contribution < 1.29 is 14.3 Å². The molecule has 0 aromatic heterocycles. The summed E-state index contributed by atoms with van der Waals surface area (Å²) in [6.45, 7) is 5.65. The van der Waals surface area contributed by atoms with Crippen LogP contribution in [0.1, 0.15) is 38.5 Å². The molecule has 3 aliphatic rings. The molecule has 1 atom stereocenters. The molecule has 1 spiro atoms. The summed E-state index contributed by atoms with van der Waals surface area (Å²) in [4.78, 5) is 29.6. The Balaban J connectivity index is 1.23. The normalized spacial score (nSPS) is 23.9. The lowest BCUT2D eigenvalue weighted by atomic mass is 9.77. The Labute approximate surface area is 173 Å². The maximum Gasteiger partial charge on any atom is 0.227 e. The first-order valence-electron chi connectivity index (χ1n) is 11.1. The number of nitrogens with one attached hydrogen (secondary N) is 1. The van der Waals surface area contributed by atoms with Crippen LogP contribution in [0.3, 0.4) is 0 Å². The highest BCUT2D eigenvalue weighted by Crippen LogP contribution is 2.37. The molecule has 1 aromatic carbocycles. The third-order valence-corrected chi connectivity index (χ3v) is 6.92. The van der Waals surface area contributed by atoms with E-state index in [4.69, 9.17) is 4.74 Å². The number of hydrogen-bond acceptors (Lipinski definition) is 4. The molecule has 2 amide bonds. The Morgan fingerprint density at radius 1 is 1.07 bits per heavy atom. The number of benzene rings is 1. The van der Waals surface area contributed by atoms with Crippen LogP contribution in [-0.2, 0) is 9.59 Å². The van der Waals surface area contributed by atoms with Gasteiger partial charge in [0.25, 0.3) is 0 Å². The van der Waals surface area contributed by atoms with Crippen molar-refractivity contribution in [2.75, 3.05) is 45.9 Å². The molecule has 158 valence electrons. The molecule has 3 saturated heterocycles. The van der Waals surface area contributed by atoms with Crippen LogP contribution in [0.4, 0.5) is 0 Å². The average Bonchev–Trinajstić information content (AvgIpc) is 3.22. The third kappa shape index (κ3) is 4.92. The number of para-hydroxylation sites is 1. The van der Waals surface area contributed by atoms with E-state index < -0.39 is 0 Å². The number of carbonyl (C=O) groups excluding carboxylic acids is 2. The van der Waals surface area contributed by atoms with Crippen LogP contribution in [0.15, 0.2) is 30.3 Å². The van der Waals surface area contributed by atoms with Gasteiger partial charge in [-0.1, -0.05) is 18.2 Å². The van der Waals surface area contributed by atoms with E-state index in [2.05, 4.69) is 10.2 Å². The molecule has 0 saturated carbocycles. The van der Waals surface area contributed by atoms with E-state index in [1.807, 2.05) is 35.2 Å². The zero-order valence-corrected chi connectivity index (χ0v) is 17.3. The SMILES string of the molecule is O=C(CCOc1ccccc1)N1CCCC(C(=O)N2CCC3(CCNC3)CC2)C1. The smallest absolute Gasteiger partial charge is 0.227 e. The predicted octanol–water partition coefficient (Wildman–Crippen LogP) is 2.30. The van der Waals surface area contributed by atoms with Crippen LogP contribution >= 0.6 is 0 Å². The van der Waals surface area contributed by atoms with E-state index in [9.17, 15) is 9.59 Å². The summed E-state index contributed by atoms with van der Waals surface area (Å²) in [5.74, 6) is 1.09. The van der Waals surface area contributed by atoms with Crippen LogP contribution in [0.2, 0.25) is 0 Å². The van der Waals surface area contributed by atoms with Crippen molar-refractivity contribution in [2.45, 2.75) is 38.5 Å². The minimum atomic E-state index is -0.0431. The summed E-state index contributed by atoms with van der Waals surface area (Å²) < 4.78 is 5.65. The Bertz CT molecular complexity index is 693. The fraction of sp³-hybridized carbons (Fsp3) is 0.652. The van der Waals surface area contributed by atoms with Crippen LogP contribution in [0.5, 0.6) is 5.75 Å². The van der Waals surface area contributed by atoms with Gasteiger partial charge in [0.05, 0.1) is 18.9 Å². The molecule has 0 radical (unpaired) electrons. The van der Waals surface area contributed by atoms with E-state index in [1.54, 1.807) is 0 Å². The molecular weight excluding hydrogens is 366 g/mol. The molecule has 6 nitrogen and oxygen atoms in total. The molecule has 1 N–H and O–H groups in total. The topological polar surface area (TPSA) is 61.9 Å². The Morgan fingerprint density at radius 3 is 2.59 bits per heavy atom. The summed E-state index contributed by atoms with van der Waals surface area (Å²) in [7, 11) is 0. The van der Waals surface area contributed by atoms with Crippen molar-refractivity contribution in [1.82, 2.24) is 15.1 Å². The molecule has 1 unspecified atom stereocenters. The van der Waals surface area contributed by atoms with Gasteiger partial charge in [0.1, 0.15) is 5.75 Å². The number of rotatable bonds is 5. The lowest BCUT2D eigenvalue weighted by Gasteiger charge is -2.41. The highest BCUT2D eigenvalue weighted by Gasteiger charge is 2.39. The molecule has 3 aliphatic heterocycles. The standard InChI is InChI=1S/C23H33N3O3/c27-21(8-16-29-20-6-2-1-3-7-20)26-13-4-5-19(17-26)22(28)25-14-10-23(11-15-25)9-12-24-18-23/h1-3,6-7,19,24H,4-5,8-18H2.